The molecule has 0 aromatic rings. The van der Waals surface area contributed by atoms with E-state index in [0.29, 0.717) is 0 Å². The van der Waals surface area contributed by atoms with Gasteiger partial charge in [-0.05, 0) is 38.0 Å². The van der Waals surface area contributed by atoms with Gasteiger partial charge in [-0.25, -0.2) is 4.79 Å². The predicted octanol–water partition coefficient (Wildman–Crippen LogP) is -3.52. The summed E-state index contributed by atoms with van der Waals surface area (Å²) in [7, 11) is 0. The van der Waals surface area contributed by atoms with Gasteiger partial charge in [-0.3, -0.25) is 29.2 Å². The van der Waals surface area contributed by atoms with E-state index in [2.05, 4.69) is 25.9 Å². The Kier molecular flexibility index (Phi) is 16.2. The Bertz CT molecular complexity index is 902. The summed E-state index contributed by atoms with van der Waals surface area (Å²) in [6, 6.07) is -4.75. The molecule has 0 saturated heterocycles. The van der Waals surface area contributed by atoms with Crippen LogP contribution in [0.3, 0.4) is 0 Å². The maximum atomic E-state index is 13.1. The minimum absolute atomic E-state index is 0.0360. The molecule has 4 atom stereocenters. The van der Waals surface area contributed by atoms with Crippen molar-refractivity contribution in [2.75, 3.05) is 13.1 Å². The third kappa shape index (κ3) is 15.6. The van der Waals surface area contributed by atoms with Crippen molar-refractivity contribution < 1.29 is 34.2 Å². The van der Waals surface area contributed by atoms with Crippen molar-refractivity contribution >= 4 is 41.6 Å². The van der Waals surface area contributed by atoms with E-state index >= 15 is 0 Å². The van der Waals surface area contributed by atoms with Crippen molar-refractivity contribution in [2.45, 2.75) is 76.5 Å². The van der Waals surface area contributed by atoms with Crippen LogP contribution < -0.4 is 44.6 Å². The lowest BCUT2D eigenvalue weighted by molar-refractivity contribution is -0.143. The number of nitrogens with one attached hydrogen (secondary N) is 3. The number of hydrogen-bond acceptors (Lipinski definition) is 8. The summed E-state index contributed by atoms with van der Waals surface area (Å²) in [5.74, 6) is -5.39. The number of rotatable bonds is 19. The second kappa shape index (κ2) is 18.2. The number of hydrogen-bond donors (Lipinski definition) is 10. The van der Waals surface area contributed by atoms with Gasteiger partial charge >= 0.3 is 11.9 Å². The zero-order chi connectivity index (χ0) is 30.1. The van der Waals surface area contributed by atoms with E-state index in [1.807, 2.05) is 0 Å². The molecule has 0 aromatic carbocycles. The Labute approximate surface area is 226 Å². The van der Waals surface area contributed by atoms with Crippen LogP contribution in [-0.2, 0) is 24.0 Å². The molecule has 222 valence electrons. The molecule has 0 spiro atoms. The van der Waals surface area contributed by atoms with E-state index in [1.54, 1.807) is 13.8 Å². The van der Waals surface area contributed by atoms with E-state index in [-0.39, 0.29) is 63.5 Å². The van der Waals surface area contributed by atoms with E-state index in [9.17, 15) is 29.1 Å². The number of nitrogens with two attached hydrogens (primary N) is 5. The summed E-state index contributed by atoms with van der Waals surface area (Å²) in [6.45, 7) is 3.61. The van der Waals surface area contributed by atoms with E-state index in [4.69, 9.17) is 33.8 Å². The molecule has 0 rings (SSSR count). The fraction of sp³-hybridized carbons (Fsp3) is 0.682. The quantitative estimate of drug-likeness (QED) is 0.0419. The molecule has 0 fully saturated rings. The minimum atomic E-state index is -1.28. The summed E-state index contributed by atoms with van der Waals surface area (Å²) in [4.78, 5) is 68.6. The number of nitrogens with zero attached hydrogens (tertiary/aromatic N) is 2. The van der Waals surface area contributed by atoms with Crippen LogP contribution in [-0.4, -0.2) is 89.0 Å². The number of carbonyl (C=O) groups excluding carboxylic acids is 3. The molecule has 4 unspecified atom stereocenters. The number of aliphatic carboxylic acids is 2. The second-order valence-corrected chi connectivity index (χ2v) is 9.13. The number of carbonyl (C=O) groups is 5. The minimum Gasteiger partial charge on any atom is -0.481 e. The topological polar surface area (TPSA) is 317 Å². The van der Waals surface area contributed by atoms with Gasteiger partial charge in [0.2, 0.25) is 17.7 Å². The lowest BCUT2D eigenvalue weighted by Crippen LogP contribution is -2.58. The fourth-order valence-corrected chi connectivity index (χ4v) is 3.27. The maximum Gasteiger partial charge on any atom is 0.326 e. The van der Waals surface area contributed by atoms with Crippen molar-refractivity contribution in [3.8, 4) is 0 Å². The molecule has 0 saturated carbocycles. The fourth-order valence-electron chi connectivity index (χ4n) is 3.27. The van der Waals surface area contributed by atoms with Gasteiger partial charge in [0.15, 0.2) is 11.9 Å². The molecular formula is C22H42N10O7. The molecule has 17 nitrogen and oxygen atoms in total. The van der Waals surface area contributed by atoms with Crippen molar-refractivity contribution in [1.82, 2.24) is 16.0 Å². The van der Waals surface area contributed by atoms with Gasteiger partial charge in [0.1, 0.15) is 18.1 Å². The Hall–Kier alpha value is -4.15. The largest absolute Gasteiger partial charge is 0.481 e. The SMILES string of the molecule is CC(C)C(NC(=O)C(CCCN=C(N)N)NC(=O)C(N)CCC(=O)O)C(=O)NC(CCCN=C(N)N)C(=O)O. The van der Waals surface area contributed by atoms with Gasteiger partial charge in [-0.2, -0.15) is 0 Å². The van der Waals surface area contributed by atoms with E-state index in [1.165, 1.54) is 0 Å². The van der Waals surface area contributed by atoms with Crippen LogP contribution in [0.25, 0.3) is 0 Å². The van der Waals surface area contributed by atoms with Gasteiger partial charge in [0.25, 0.3) is 0 Å². The smallest absolute Gasteiger partial charge is 0.326 e. The van der Waals surface area contributed by atoms with Crippen molar-refractivity contribution in [1.29, 1.82) is 0 Å². The Morgan fingerprint density at radius 1 is 0.718 bits per heavy atom. The van der Waals surface area contributed by atoms with Crippen molar-refractivity contribution in [2.24, 2.45) is 44.6 Å². The average molecular weight is 559 g/mol. The highest BCUT2D eigenvalue weighted by Gasteiger charge is 2.31. The van der Waals surface area contributed by atoms with Crippen LogP contribution >= 0.6 is 0 Å². The molecule has 0 aromatic heterocycles. The molecule has 0 aliphatic carbocycles. The van der Waals surface area contributed by atoms with Crippen LogP contribution in [0.15, 0.2) is 9.98 Å². The summed E-state index contributed by atoms with van der Waals surface area (Å²) in [5.41, 5.74) is 26.8. The van der Waals surface area contributed by atoms with Gasteiger partial charge in [-0.15, -0.1) is 0 Å². The van der Waals surface area contributed by atoms with Crippen molar-refractivity contribution in [3.63, 3.8) is 0 Å². The van der Waals surface area contributed by atoms with Crippen LogP contribution in [0.4, 0.5) is 0 Å². The first kappa shape index (κ1) is 34.9. The first-order chi connectivity index (χ1) is 18.1. The molecule has 17 heteroatoms. The van der Waals surface area contributed by atoms with Crippen LogP contribution in [0.2, 0.25) is 0 Å². The highest BCUT2D eigenvalue weighted by Crippen LogP contribution is 2.08. The monoisotopic (exact) mass is 558 g/mol. The summed E-state index contributed by atoms with van der Waals surface area (Å²) in [5, 5.41) is 25.7. The Morgan fingerprint density at radius 2 is 1.21 bits per heavy atom. The van der Waals surface area contributed by atoms with Crippen molar-refractivity contribution in [3.05, 3.63) is 0 Å². The van der Waals surface area contributed by atoms with Crippen LogP contribution in [0.5, 0.6) is 0 Å². The number of aliphatic imine (C=N–C) groups is 2. The number of guanidine groups is 2. The standard InChI is InChI=1S/C22H42N10O7/c1-11(2)16(19(37)31-14(20(38)39)6-4-10-29-22(26)27)32-18(36)13(5-3-9-28-21(24)25)30-17(35)12(23)7-8-15(33)34/h11-14,16H,3-10,23H2,1-2H3,(H,30,35)(H,31,37)(H,32,36)(H,33,34)(H,38,39)(H4,24,25,28)(H4,26,27,29). The van der Waals surface area contributed by atoms with Gasteiger partial charge < -0.3 is 54.8 Å². The highest BCUT2D eigenvalue weighted by atomic mass is 16.4. The average Bonchev–Trinajstić information content (AvgIpc) is 2.83. The maximum absolute atomic E-state index is 13.1. The Morgan fingerprint density at radius 3 is 1.64 bits per heavy atom. The Balaban J connectivity index is 5.51. The number of carboxylic acids is 2. The van der Waals surface area contributed by atoms with E-state index in [0.717, 1.165) is 0 Å². The third-order valence-electron chi connectivity index (χ3n) is 5.39. The zero-order valence-electron chi connectivity index (χ0n) is 22.3. The number of amides is 3. The van der Waals surface area contributed by atoms with Gasteiger partial charge in [0, 0.05) is 19.5 Å². The van der Waals surface area contributed by atoms with Crippen LogP contribution in [0, 0.1) is 5.92 Å². The summed E-state index contributed by atoms with van der Waals surface area (Å²) in [6.07, 6.45) is 0.155. The van der Waals surface area contributed by atoms with Crippen LogP contribution in [0.1, 0.15) is 52.4 Å². The third-order valence-corrected chi connectivity index (χ3v) is 5.39. The summed E-state index contributed by atoms with van der Waals surface area (Å²) < 4.78 is 0. The van der Waals surface area contributed by atoms with E-state index < -0.39 is 59.7 Å². The summed E-state index contributed by atoms with van der Waals surface area (Å²) >= 11 is 0. The molecule has 0 aliphatic rings. The lowest BCUT2D eigenvalue weighted by Gasteiger charge is -2.27. The second-order valence-electron chi connectivity index (χ2n) is 9.13. The highest BCUT2D eigenvalue weighted by molar-refractivity contribution is 5.94. The molecule has 0 radical (unpaired) electrons. The molecule has 0 aliphatic heterocycles. The molecule has 3 amide bonds. The zero-order valence-corrected chi connectivity index (χ0v) is 22.3. The lowest BCUT2D eigenvalue weighted by atomic mass is 10.0. The number of carboxylic acid groups (broad SMARTS) is 2. The first-order valence-corrected chi connectivity index (χ1v) is 12.4. The molecule has 39 heavy (non-hydrogen) atoms. The molecule has 0 bridgehead atoms. The van der Waals surface area contributed by atoms with Gasteiger partial charge in [-0.1, -0.05) is 13.8 Å². The molecule has 0 heterocycles. The normalized spacial score (nSPS) is 13.7. The van der Waals surface area contributed by atoms with Gasteiger partial charge in [0.05, 0.1) is 6.04 Å². The predicted molar refractivity (Wildman–Crippen MR) is 143 cm³/mol. The molecular weight excluding hydrogens is 516 g/mol. The molecule has 15 N–H and O–H groups in total. The first-order valence-electron chi connectivity index (χ1n) is 12.4.